The van der Waals surface area contributed by atoms with Gasteiger partial charge in [-0.2, -0.15) is 0 Å². The van der Waals surface area contributed by atoms with Crippen molar-refractivity contribution < 1.29 is 18.4 Å². The Morgan fingerprint density at radius 1 is 1.00 bits per heavy atom. The molecule has 1 saturated heterocycles. The smallest absolute Gasteiger partial charge is 0.266 e. The number of hydrogen-bond acceptors (Lipinski definition) is 5. The number of nitrogens with two attached hydrogens (primary N) is 1. The van der Waals surface area contributed by atoms with Crippen LogP contribution in [0.3, 0.4) is 0 Å². The maximum atomic E-state index is 12.7. The molecule has 2 amide bonds. The van der Waals surface area contributed by atoms with Crippen LogP contribution in [0.1, 0.15) is 48.0 Å². The first-order valence-corrected chi connectivity index (χ1v) is 11.4. The average molecular weight is 471 g/mol. The van der Waals surface area contributed by atoms with Gasteiger partial charge in [0.1, 0.15) is 0 Å². The Hall–Kier alpha value is -3.56. The molecule has 1 aromatic carbocycles. The van der Waals surface area contributed by atoms with Crippen LogP contribution >= 0.6 is 0 Å². The van der Waals surface area contributed by atoms with E-state index in [4.69, 9.17) is 5.73 Å². The lowest BCUT2D eigenvalue weighted by atomic mass is 10.1. The molecule has 1 aliphatic heterocycles. The van der Waals surface area contributed by atoms with Crippen molar-refractivity contribution in [1.29, 1.82) is 0 Å². The summed E-state index contributed by atoms with van der Waals surface area (Å²) in [5.41, 5.74) is 6.67. The lowest BCUT2D eigenvalue weighted by Crippen LogP contribution is -2.49. The highest BCUT2D eigenvalue weighted by atomic mass is 19.3. The van der Waals surface area contributed by atoms with Crippen LogP contribution in [0.4, 0.5) is 14.7 Å². The number of rotatable bonds is 9. The minimum atomic E-state index is -2.58. The fourth-order valence-corrected chi connectivity index (χ4v) is 4.19. The number of aryl methyl sites for hydroxylation is 1. The summed E-state index contributed by atoms with van der Waals surface area (Å²) in [6, 6.07) is 7.46. The highest BCUT2D eigenvalue weighted by molar-refractivity contribution is 5.97. The van der Waals surface area contributed by atoms with Crippen molar-refractivity contribution in [3.63, 3.8) is 0 Å². The normalized spacial score (nSPS) is 14.2. The van der Waals surface area contributed by atoms with E-state index in [2.05, 4.69) is 14.5 Å². The van der Waals surface area contributed by atoms with E-state index in [0.29, 0.717) is 44.1 Å². The molecule has 4 rings (SSSR count). The zero-order chi connectivity index (χ0) is 24.1. The lowest BCUT2D eigenvalue weighted by Gasteiger charge is -2.34. The number of piperazine rings is 1. The van der Waals surface area contributed by atoms with Gasteiger partial charge in [0.2, 0.25) is 17.8 Å². The van der Waals surface area contributed by atoms with Crippen LogP contribution in [0.25, 0.3) is 10.9 Å². The van der Waals surface area contributed by atoms with Gasteiger partial charge < -0.3 is 20.1 Å². The molecule has 34 heavy (non-hydrogen) atoms. The molecule has 0 bridgehead atoms. The number of anilines is 1. The van der Waals surface area contributed by atoms with Gasteiger partial charge in [0.15, 0.2) is 0 Å². The number of carbonyl (C=O) groups excluding carboxylic acids is 2. The van der Waals surface area contributed by atoms with Crippen molar-refractivity contribution in [1.82, 2.24) is 19.4 Å². The van der Waals surface area contributed by atoms with E-state index in [1.165, 1.54) is 0 Å². The van der Waals surface area contributed by atoms with Crippen LogP contribution in [0.2, 0.25) is 0 Å². The molecule has 10 heteroatoms. The van der Waals surface area contributed by atoms with E-state index in [9.17, 15) is 18.4 Å². The van der Waals surface area contributed by atoms with Crippen molar-refractivity contribution in [3.05, 3.63) is 54.0 Å². The Labute approximate surface area is 196 Å². The van der Waals surface area contributed by atoms with Gasteiger partial charge in [-0.05, 0) is 36.4 Å². The Morgan fingerprint density at radius 3 is 2.41 bits per heavy atom. The van der Waals surface area contributed by atoms with Gasteiger partial charge in [-0.25, -0.2) is 18.7 Å². The summed E-state index contributed by atoms with van der Waals surface area (Å²) in [5, 5.41) is 1.06. The van der Waals surface area contributed by atoms with Crippen molar-refractivity contribution >= 4 is 28.7 Å². The van der Waals surface area contributed by atoms with Gasteiger partial charge in [-0.1, -0.05) is 12.5 Å². The van der Waals surface area contributed by atoms with Crippen LogP contribution in [0, 0.1) is 0 Å². The van der Waals surface area contributed by atoms with E-state index in [1.54, 1.807) is 6.07 Å². The van der Waals surface area contributed by atoms with Crippen LogP contribution < -0.4 is 10.6 Å². The van der Waals surface area contributed by atoms with Crippen molar-refractivity contribution in [2.45, 2.75) is 38.7 Å². The summed E-state index contributed by atoms with van der Waals surface area (Å²) in [7, 11) is 0. The molecule has 2 N–H and O–H groups in total. The Morgan fingerprint density at radius 2 is 1.74 bits per heavy atom. The molecule has 2 aromatic heterocycles. The topological polar surface area (TPSA) is 97.3 Å². The summed E-state index contributed by atoms with van der Waals surface area (Å²) < 4.78 is 27.4. The molecule has 3 aromatic rings. The third kappa shape index (κ3) is 5.49. The van der Waals surface area contributed by atoms with Gasteiger partial charge in [0, 0.05) is 68.8 Å². The maximum Gasteiger partial charge on any atom is 0.266 e. The largest absolute Gasteiger partial charge is 0.366 e. The summed E-state index contributed by atoms with van der Waals surface area (Å²) >= 11 is 0. The van der Waals surface area contributed by atoms with E-state index < -0.39 is 12.3 Å². The minimum absolute atomic E-state index is 0.131. The number of halogens is 2. The van der Waals surface area contributed by atoms with Crippen LogP contribution in [0.5, 0.6) is 0 Å². The second-order valence-corrected chi connectivity index (χ2v) is 8.44. The first-order chi connectivity index (χ1) is 16.4. The number of fused-ring (bicyclic) bond motifs is 1. The number of primary amides is 1. The zero-order valence-electron chi connectivity index (χ0n) is 18.9. The first-order valence-electron chi connectivity index (χ1n) is 11.4. The first kappa shape index (κ1) is 23.6. The Bertz CT molecular complexity index is 1140. The molecule has 0 radical (unpaired) electrons. The molecule has 1 aliphatic rings. The minimum Gasteiger partial charge on any atom is -0.366 e. The van der Waals surface area contributed by atoms with Gasteiger partial charge in [0.05, 0.1) is 5.56 Å². The van der Waals surface area contributed by atoms with Gasteiger partial charge in [-0.3, -0.25) is 9.59 Å². The molecular weight excluding hydrogens is 442 g/mol. The summed E-state index contributed by atoms with van der Waals surface area (Å²) in [4.78, 5) is 35.8. The maximum absolute atomic E-state index is 12.7. The quantitative estimate of drug-likeness (QED) is 0.484. The molecule has 3 heterocycles. The predicted molar refractivity (Wildman–Crippen MR) is 125 cm³/mol. The fraction of sp³-hybridized carbons (Fsp3) is 0.417. The van der Waals surface area contributed by atoms with E-state index >= 15 is 0 Å². The molecule has 0 atom stereocenters. The van der Waals surface area contributed by atoms with E-state index in [1.807, 2.05) is 34.2 Å². The summed E-state index contributed by atoms with van der Waals surface area (Å²) in [5.74, 6) is 0.106. The number of carbonyl (C=O) groups is 2. The summed E-state index contributed by atoms with van der Waals surface area (Å²) in [6.45, 7) is 3.09. The number of amides is 2. The van der Waals surface area contributed by atoms with Gasteiger partial charge in [-0.15, -0.1) is 0 Å². The highest BCUT2D eigenvalue weighted by Crippen LogP contribution is 2.20. The SMILES string of the molecule is NC(=O)c1ccc2ccn(CCCCCC(=O)N3CCN(c4ncc(C(F)F)cn4)CC3)c2c1. The average Bonchev–Trinajstić information content (AvgIpc) is 3.26. The number of benzene rings is 1. The van der Waals surface area contributed by atoms with E-state index in [-0.39, 0.29) is 11.5 Å². The van der Waals surface area contributed by atoms with Crippen LogP contribution in [-0.4, -0.2) is 57.4 Å². The number of nitrogens with zero attached hydrogens (tertiary/aromatic N) is 5. The second-order valence-electron chi connectivity index (χ2n) is 8.44. The number of unbranched alkanes of at least 4 members (excludes halogenated alkanes) is 2. The number of aromatic nitrogens is 3. The fourth-order valence-electron chi connectivity index (χ4n) is 4.19. The predicted octanol–water partition coefficient (Wildman–Crippen LogP) is 3.38. The van der Waals surface area contributed by atoms with E-state index in [0.717, 1.165) is 49.1 Å². The molecule has 0 unspecified atom stereocenters. The molecule has 0 aliphatic carbocycles. The molecule has 0 saturated carbocycles. The van der Waals surface area contributed by atoms with Gasteiger partial charge in [0.25, 0.3) is 6.43 Å². The lowest BCUT2D eigenvalue weighted by molar-refractivity contribution is -0.131. The van der Waals surface area contributed by atoms with Gasteiger partial charge >= 0.3 is 0 Å². The standard InChI is InChI=1S/C24H28F2N6O2/c25-22(26)19-15-28-24(29-16-19)32-12-10-31(11-13-32)21(33)4-2-1-3-8-30-9-7-17-5-6-18(23(27)34)14-20(17)30/h5-7,9,14-16,22H,1-4,8,10-13H2,(H2,27,34). The van der Waals surface area contributed by atoms with Crippen LogP contribution in [0.15, 0.2) is 42.9 Å². The molecular formula is C24H28F2N6O2. The second kappa shape index (κ2) is 10.6. The van der Waals surface area contributed by atoms with Crippen LogP contribution in [-0.2, 0) is 11.3 Å². The number of alkyl halides is 2. The Kier molecular flexibility index (Phi) is 7.34. The monoisotopic (exact) mass is 470 g/mol. The molecule has 180 valence electrons. The Balaban J connectivity index is 1.18. The van der Waals surface area contributed by atoms with Crippen molar-refractivity contribution in [3.8, 4) is 0 Å². The highest BCUT2D eigenvalue weighted by Gasteiger charge is 2.22. The number of hydrogen-bond donors (Lipinski definition) is 1. The zero-order valence-corrected chi connectivity index (χ0v) is 18.9. The molecule has 8 nitrogen and oxygen atoms in total. The summed E-state index contributed by atoms with van der Waals surface area (Å²) in [6.07, 6.45) is 4.88. The third-order valence-corrected chi connectivity index (χ3v) is 6.17. The van der Waals surface area contributed by atoms with Crippen molar-refractivity contribution in [2.75, 3.05) is 31.1 Å². The molecule has 1 fully saturated rings. The third-order valence-electron chi connectivity index (χ3n) is 6.17. The van der Waals surface area contributed by atoms with Crippen molar-refractivity contribution in [2.24, 2.45) is 5.73 Å². The molecule has 0 spiro atoms.